The predicted molar refractivity (Wildman–Crippen MR) is 342 cm³/mol. The van der Waals surface area contributed by atoms with Crippen molar-refractivity contribution in [2.75, 3.05) is 37.4 Å². The van der Waals surface area contributed by atoms with Crippen molar-refractivity contribution >= 4 is 81.6 Å². The van der Waals surface area contributed by atoms with Gasteiger partial charge in [0.1, 0.15) is 47.2 Å². The number of azo groups is 1. The van der Waals surface area contributed by atoms with Crippen LogP contribution in [0.3, 0.4) is 0 Å². The fourth-order valence-corrected chi connectivity index (χ4v) is 10.8. The number of phenols is 2. The number of anilines is 2. The van der Waals surface area contributed by atoms with Gasteiger partial charge in [0.15, 0.2) is 10.7 Å². The van der Waals surface area contributed by atoms with Gasteiger partial charge in [0.2, 0.25) is 23.6 Å². The van der Waals surface area contributed by atoms with Crippen LogP contribution in [-0.2, 0) is 34.3 Å². The molecule has 0 fully saturated rings. The van der Waals surface area contributed by atoms with Crippen LogP contribution in [0.1, 0.15) is 143 Å². The normalized spacial score (nSPS) is 14.1. The number of amides is 5. The first-order valence-electron chi connectivity index (χ1n) is 30.2. The highest BCUT2D eigenvalue weighted by molar-refractivity contribution is 7.80. The fourth-order valence-electron chi connectivity index (χ4n) is 10.6. The van der Waals surface area contributed by atoms with Crippen LogP contribution in [0, 0.1) is 17.8 Å². The third-order valence-corrected chi connectivity index (χ3v) is 15.3. The van der Waals surface area contributed by atoms with E-state index >= 15 is 0 Å². The summed E-state index contributed by atoms with van der Waals surface area (Å²) < 4.78 is 12.2. The summed E-state index contributed by atoms with van der Waals surface area (Å²) >= 11 is 5.58. The van der Waals surface area contributed by atoms with Crippen LogP contribution in [-0.4, -0.2) is 113 Å². The number of nitrogens with one attached hydrogen (secondary N) is 7. The molecule has 4 atom stereocenters. The number of carboxylic acids is 1. The molecule has 5 amide bonds. The summed E-state index contributed by atoms with van der Waals surface area (Å²) in [4.78, 5) is 96.1. The minimum atomic E-state index is -1.40. The topological polar surface area (TPSA) is 311 Å². The first-order chi connectivity index (χ1) is 42.4. The van der Waals surface area contributed by atoms with E-state index in [1.807, 2.05) is 84.8 Å². The third-order valence-electron chi connectivity index (χ3n) is 15.0. The number of hydrogen-bond acceptors (Lipinski definition) is 15. The second kappa shape index (κ2) is 31.2. The van der Waals surface area contributed by atoms with E-state index in [0.29, 0.717) is 95.1 Å². The average molecular weight is 1240 g/mol. The molecule has 89 heavy (non-hydrogen) atoms. The maximum Gasteiger partial charge on any atom is 0.340 e. The molecule has 2 heterocycles. The third kappa shape index (κ3) is 18.5. The van der Waals surface area contributed by atoms with Gasteiger partial charge in [0, 0.05) is 79.4 Å². The number of aliphatic carboxylic acids is 1. The zero-order valence-electron chi connectivity index (χ0n) is 51.6. The van der Waals surface area contributed by atoms with Gasteiger partial charge in [-0.2, -0.15) is 10.2 Å². The number of benzene rings is 5. The van der Waals surface area contributed by atoms with Gasteiger partial charge >= 0.3 is 11.9 Å². The average Bonchev–Trinajstić information content (AvgIpc) is 1.67. The van der Waals surface area contributed by atoms with E-state index in [9.17, 15) is 48.9 Å². The second-order valence-electron chi connectivity index (χ2n) is 23.9. The molecule has 2 aliphatic rings. The number of carboxylic acid groups (broad SMARTS) is 1. The van der Waals surface area contributed by atoms with Gasteiger partial charge in [-0.1, -0.05) is 54.0 Å². The van der Waals surface area contributed by atoms with Crippen molar-refractivity contribution in [2.24, 2.45) is 28.0 Å². The Hall–Kier alpha value is -9.12. The second-order valence-corrected chi connectivity index (χ2v) is 24.3. The molecule has 23 heteroatoms. The van der Waals surface area contributed by atoms with Gasteiger partial charge in [-0.15, -0.1) is 0 Å². The molecule has 5 aromatic rings. The van der Waals surface area contributed by atoms with Crippen molar-refractivity contribution in [3.63, 3.8) is 0 Å². The van der Waals surface area contributed by atoms with Crippen LogP contribution in [0.5, 0.6) is 23.0 Å². The van der Waals surface area contributed by atoms with Crippen LogP contribution >= 0.6 is 12.2 Å². The molecule has 2 aliphatic heterocycles. The SMILES string of the molecule is CC(C)C[C@H](NC(=O)CCCCCNC(=S)Nc1ccc2c(c1)C(=O)OC21c2ccc(O)cc2Oc2cc(O)ccc21)C(=O)N[C@H](CC(C)C)C(=O)N[C@@H](CC(C)C)C(=O)N[C@@H](CCCCNC(=O)c1ccc(N=Nc2ccc(N(C)C)cc2)cc1)C(=O)O. The van der Waals surface area contributed by atoms with Crippen LogP contribution < -0.4 is 46.9 Å². The van der Waals surface area contributed by atoms with Gasteiger partial charge in [-0.25, -0.2) is 9.59 Å². The first kappa shape index (κ1) is 67.4. The van der Waals surface area contributed by atoms with Crippen molar-refractivity contribution in [2.45, 2.75) is 136 Å². The Balaban J connectivity index is 0.839. The van der Waals surface area contributed by atoms with Gasteiger partial charge in [-0.05, 0) is 166 Å². The molecule has 1 spiro atoms. The molecule has 0 unspecified atom stereocenters. The number of carbonyl (C=O) groups excluding carboxylic acids is 6. The largest absolute Gasteiger partial charge is 0.508 e. The fraction of sp³-hybridized carbons (Fsp3) is 0.424. The molecule has 22 nitrogen and oxygen atoms in total. The number of aromatic hydroxyl groups is 2. The van der Waals surface area contributed by atoms with Crippen molar-refractivity contribution in [3.05, 3.63) is 131 Å². The van der Waals surface area contributed by atoms with Crippen LogP contribution in [0.2, 0.25) is 0 Å². The number of rotatable bonds is 30. The lowest BCUT2D eigenvalue weighted by molar-refractivity contribution is -0.142. The first-order valence-corrected chi connectivity index (χ1v) is 30.6. The van der Waals surface area contributed by atoms with E-state index in [2.05, 4.69) is 47.4 Å². The molecule has 0 saturated carbocycles. The van der Waals surface area contributed by atoms with Crippen LogP contribution in [0.4, 0.5) is 22.7 Å². The standard InChI is InChI=1S/C66H82N10O12S/c1-38(2)32-53(70-58(79)15-10-9-12-31-68-65(89)69-44-22-27-49-48(35-44)64(86)88-66(49)50-28-25-46(77)36-56(50)87-57-37-47(78)26-29-51(57)66)60(81)72-55(34-40(5)6)62(83)73-54(33-39(3)4)61(82)71-52(63(84)85)14-11-13-30-67-59(80)41-16-18-42(19-17-41)74-75-43-20-23-45(24-21-43)76(7)8/h16-29,35-40,52-55,77-78H,9-15,30-34H2,1-8H3,(H,67,80)(H,70,79)(H,71,82)(H,72,81)(H,73,83)(H,84,85)(H2,68,69,89)/t52-,53-,54-,55+/m0/s1. The van der Waals surface area contributed by atoms with Gasteiger partial charge in [0.25, 0.3) is 5.91 Å². The highest BCUT2D eigenvalue weighted by Gasteiger charge is 2.54. The zero-order chi connectivity index (χ0) is 64.5. The van der Waals surface area contributed by atoms with Crippen LogP contribution in [0.25, 0.3) is 0 Å². The molecule has 7 rings (SSSR count). The molecular formula is C66H82N10O12S. The number of unbranched alkanes of at least 4 members (excludes halogenated alkanes) is 3. The predicted octanol–water partition coefficient (Wildman–Crippen LogP) is 9.76. The van der Waals surface area contributed by atoms with E-state index in [-0.39, 0.29) is 84.8 Å². The molecule has 0 aromatic heterocycles. The molecule has 10 N–H and O–H groups in total. The number of thiocarbonyl (C=S) groups is 1. The van der Waals surface area contributed by atoms with E-state index in [1.54, 1.807) is 54.6 Å². The molecule has 0 aliphatic carbocycles. The Morgan fingerprint density at radius 1 is 0.584 bits per heavy atom. The smallest absolute Gasteiger partial charge is 0.340 e. The lowest BCUT2D eigenvalue weighted by Gasteiger charge is -2.36. The van der Waals surface area contributed by atoms with Gasteiger partial charge < -0.3 is 66.9 Å². The summed E-state index contributed by atoms with van der Waals surface area (Å²) in [5, 5.41) is 59.7. The zero-order valence-corrected chi connectivity index (χ0v) is 52.4. The minimum absolute atomic E-state index is 0.00500. The number of nitrogens with zero attached hydrogens (tertiary/aromatic N) is 3. The van der Waals surface area contributed by atoms with E-state index in [4.69, 9.17) is 21.7 Å². The van der Waals surface area contributed by atoms with Crippen molar-refractivity contribution in [1.29, 1.82) is 0 Å². The summed E-state index contributed by atoms with van der Waals surface area (Å²) in [5.74, 6) is -4.05. The Morgan fingerprint density at radius 3 is 1.61 bits per heavy atom. The quantitative estimate of drug-likeness (QED) is 0.00885. The summed E-state index contributed by atoms with van der Waals surface area (Å²) in [6, 6.07) is 24.1. The van der Waals surface area contributed by atoms with Crippen molar-refractivity contribution in [3.8, 4) is 23.0 Å². The van der Waals surface area contributed by atoms with Crippen LogP contribution in [0.15, 0.2) is 113 Å². The number of phenolic OH excluding ortho intramolecular Hbond substituents is 2. The molecular weight excluding hydrogens is 1160 g/mol. The van der Waals surface area contributed by atoms with Crippen molar-refractivity contribution < 1.29 is 58.4 Å². The van der Waals surface area contributed by atoms with E-state index in [1.165, 1.54) is 24.3 Å². The number of esters is 1. The van der Waals surface area contributed by atoms with Gasteiger partial charge in [0.05, 0.1) is 16.9 Å². The maximum atomic E-state index is 14.1. The van der Waals surface area contributed by atoms with E-state index < -0.39 is 59.4 Å². The Bertz CT molecular complexity index is 3340. The summed E-state index contributed by atoms with van der Waals surface area (Å²) in [6.45, 7) is 12.1. The van der Waals surface area contributed by atoms with Crippen molar-refractivity contribution in [1.82, 2.24) is 31.9 Å². The maximum absolute atomic E-state index is 14.1. The molecule has 0 saturated heterocycles. The molecule has 474 valence electrons. The summed E-state index contributed by atoms with van der Waals surface area (Å²) in [6.07, 6.45) is 3.47. The molecule has 0 bridgehead atoms. The Kier molecular flexibility index (Phi) is 23.6. The number of ether oxygens (including phenoxy) is 2. The molecule has 5 aromatic carbocycles. The van der Waals surface area contributed by atoms with Gasteiger partial charge in [-0.3, -0.25) is 24.0 Å². The van der Waals surface area contributed by atoms with E-state index in [0.717, 1.165) is 5.69 Å². The molecule has 0 radical (unpaired) electrons. The number of carbonyl (C=O) groups is 7. The Labute approximate surface area is 524 Å². The highest BCUT2D eigenvalue weighted by Crippen LogP contribution is 2.57. The summed E-state index contributed by atoms with van der Waals surface area (Å²) in [7, 11) is 3.91. The monoisotopic (exact) mass is 1240 g/mol. The minimum Gasteiger partial charge on any atom is -0.508 e. The Morgan fingerprint density at radius 2 is 1.08 bits per heavy atom. The summed E-state index contributed by atoms with van der Waals surface area (Å²) in [5.41, 5.74) is 3.70. The number of fused-ring (bicyclic) bond motifs is 6. The highest BCUT2D eigenvalue weighted by atomic mass is 32.1. The lowest BCUT2D eigenvalue weighted by atomic mass is 9.77. The lowest BCUT2D eigenvalue weighted by Crippen LogP contribution is -2.58. The number of hydrogen-bond donors (Lipinski definition) is 10.